The van der Waals surface area contributed by atoms with Crippen molar-refractivity contribution in [3.05, 3.63) is 41.7 Å². The number of hydrazine groups is 1. The summed E-state index contributed by atoms with van der Waals surface area (Å²) in [6.45, 7) is -1.08. The first-order chi connectivity index (χ1) is 14.1. The molecule has 3 rings (SSSR count). The topological polar surface area (TPSA) is 106 Å². The zero-order valence-corrected chi connectivity index (χ0v) is 16.2. The van der Waals surface area contributed by atoms with Crippen molar-refractivity contribution in [3.8, 4) is 11.4 Å². The molecule has 2 heterocycles. The van der Waals surface area contributed by atoms with E-state index in [1.54, 1.807) is 0 Å². The van der Waals surface area contributed by atoms with Gasteiger partial charge in [0.05, 0.1) is 17.1 Å². The first-order valence-electron chi connectivity index (χ1n) is 8.68. The van der Waals surface area contributed by atoms with Gasteiger partial charge in [-0.05, 0) is 30.2 Å². The fraction of sp³-hybridized carbons (Fsp3) is 0.353. The third-order valence-electron chi connectivity index (χ3n) is 4.25. The Morgan fingerprint density at radius 2 is 2.07 bits per heavy atom. The first kappa shape index (κ1) is 21.9. The number of rotatable bonds is 6. The summed E-state index contributed by atoms with van der Waals surface area (Å²) in [6, 6.07) is 2.36. The average molecular weight is 447 g/mol. The molecule has 2 N–H and O–H groups in total. The number of nitrogens with zero attached hydrogens (tertiary/aromatic N) is 3. The van der Waals surface area contributed by atoms with E-state index in [-0.39, 0.29) is 34.5 Å². The van der Waals surface area contributed by atoms with Crippen LogP contribution in [0.3, 0.4) is 0 Å². The molecule has 1 atom stereocenters. The molecule has 1 fully saturated rings. The third kappa shape index (κ3) is 5.63. The molecule has 1 unspecified atom stereocenters. The number of amides is 1. The van der Waals surface area contributed by atoms with E-state index in [2.05, 4.69) is 20.9 Å². The minimum absolute atomic E-state index is 0.0156. The van der Waals surface area contributed by atoms with Gasteiger partial charge in [0.2, 0.25) is 0 Å². The van der Waals surface area contributed by atoms with E-state index in [0.29, 0.717) is 12.5 Å². The Kier molecular flexibility index (Phi) is 6.22. The molecule has 0 aliphatic carbocycles. The van der Waals surface area contributed by atoms with Crippen LogP contribution in [0.5, 0.6) is 0 Å². The van der Waals surface area contributed by atoms with Crippen LogP contribution in [0.15, 0.2) is 30.6 Å². The molecule has 0 bridgehead atoms. The average Bonchev–Trinajstić information content (AvgIpc) is 3.29. The van der Waals surface area contributed by atoms with Crippen molar-refractivity contribution in [2.75, 3.05) is 11.5 Å². The lowest BCUT2D eigenvalue weighted by molar-refractivity contribution is -0.137. The number of alkyl halides is 4. The highest BCUT2D eigenvalue weighted by atomic mass is 32.2. The minimum atomic E-state index is -4.65. The largest absolute Gasteiger partial charge is 0.416 e. The van der Waals surface area contributed by atoms with E-state index in [4.69, 9.17) is 0 Å². The zero-order valence-electron chi connectivity index (χ0n) is 15.4. The summed E-state index contributed by atoms with van der Waals surface area (Å²) in [6.07, 6.45) is -0.801. The zero-order chi connectivity index (χ0) is 21.9. The minimum Gasteiger partial charge on any atom is -0.288 e. The molecule has 1 aliphatic heterocycles. The van der Waals surface area contributed by atoms with Gasteiger partial charge in [-0.3, -0.25) is 10.2 Å². The van der Waals surface area contributed by atoms with E-state index in [1.165, 1.54) is 18.6 Å². The number of carbonyl (C=O) groups excluding carboxylic acids is 1. The van der Waals surface area contributed by atoms with Gasteiger partial charge in [-0.2, -0.15) is 13.2 Å². The third-order valence-corrected chi connectivity index (χ3v) is 6.02. The molecule has 30 heavy (non-hydrogen) atoms. The van der Waals surface area contributed by atoms with Crippen molar-refractivity contribution in [2.45, 2.75) is 25.3 Å². The summed E-state index contributed by atoms with van der Waals surface area (Å²) in [5.74, 6) is -0.677. The van der Waals surface area contributed by atoms with Crippen molar-refractivity contribution < 1.29 is 30.8 Å². The highest BCUT2D eigenvalue weighted by Crippen LogP contribution is 2.33. The number of halogens is 4. The Morgan fingerprint density at radius 1 is 1.30 bits per heavy atom. The van der Waals surface area contributed by atoms with Gasteiger partial charge >= 0.3 is 6.18 Å². The molecule has 1 amide bonds. The Bertz CT molecular complexity index is 1070. The van der Waals surface area contributed by atoms with Crippen molar-refractivity contribution in [1.29, 1.82) is 0 Å². The van der Waals surface area contributed by atoms with Crippen molar-refractivity contribution in [3.63, 3.8) is 0 Å². The molecular weight excluding hydrogens is 430 g/mol. The normalized spacial score (nSPS) is 18.7. The van der Waals surface area contributed by atoms with Gasteiger partial charge in [0.1, 0.15) is 13.0 Å². The second-order valence-corrected chi connectivity index (χ2v) is 8.88. The molecule has 1 aliphatic rings. The summed E-state index contributed by atoms with van der Waals surface area (Å²) >= 11 is 0. The maximum absolute atomic E-state index is 13.0. The maximum Gasteiger partial charge on any atom is 0.416 e. The number of sulfone groups is 1. The number of carbonyl (C=O) groups is 1. The molecule has 0 radical (unpaired) electrons. The lowest BCUT2D eigenvalue weighted by Crippen LogP contribution is -2.44. The van der Waals surface area contributed by atoms with Crippen LogP contribution in [0, 0.1) is 0 Å². The monoisotopic (exact) mass is 447 g/mol. The lowest BCUT2D eigenvalue weighted by atomic mass is 10.1. The molecule has 0 spiro atoms. The molecule has 13 heteroatoms. The highest BCUT2D eigenvalue weighted by Gasteiger charge is 2.31. The fourth-order valence-electron chi connectivity index (χ4n) is 2.81. The van der Waals surface area contributed by atoms with Crippen LogP contribution in [0.1, 0.15) is 17.5 Å². The van der Waals surface area contributed by atoms with Gasteiger partial charge < -0.3 is 0 Å². The molecule has 0 saturated carbocycles. The fourth-order valence-corrected chi connectivity index (χ4v) is 4.48. The Morgan fingerprint density at radius 3 is 2.70 bits per heavy atom. The lowest BCUT2D eigenvalue weighted by Gasteiger charge is -2.10. The molecule has 1 aromatic carbocycles. The predicted molar refractivity (Wildman–Crippen MR) is 98.9 cm³/mol. The Hall–Kier alpha value is -2.80. The summed E-state index contributed by atoms with van der Waals surface area (Å²) in [5.41, 5.74) is 3.77. The first-order valence-corrected chi connectivity index (χ1v) is 10.5. The smallest absolute Gasteiger partial charge is 0.288 e. The SMILES string of the molecule is O=C(/C=C\n1cnc(-c2cc(CF)cc(C(F)(F)F)c2)n1)NNC1CCS(=O)(=O)C1. The van der Waals surface area contributed by atoms with E-state index >= 15 is 0 Å². The van der Waals surface area contributed by atoms with Gasteiger partial charge in [0.15, 0.2) is 15.7 Å². The van der Waals surface area contributed by atoms with Crippen LogP contribution in [-0.4, -0.2) is 46.6 Å². The molecule has 162 valence electrons. The second-order valence-electron chi connectivity index (χ2n) is 6.65. The van der Waals surface area contributed by atoms with Crippen LogP contribution in [0.2, 0.25) is 0 Å². The summed E-state index contributed by atoms with van der Waals surface area (Å²) in [4.78, 5) is 15.7. The molecule has 2 aromatic rings. The van der Waals surface area contributed by atoms with E-state index in [0.717, 1.165) is 16.8 Å². The second kappa shape index (κ2) is 8.52. The molecular formula is C17H17F4N5O3S. The number of nitrogens with one attached hydrogen (secondary N) is 2. The Labute approximate surface area is 168 Å². The van der Waals surface area contributed by atoms with Crippen molar-refractivity contribution >= 4 is 21.9 Å². The van der Waals surface area contributed by atoms with Gasteiger partial charge in [-0.25, -0.2) is 27.9 Å². The van der Waals surface area contributed by atoms with Crippen molar-refractivity contribution in [1.82, 2.24) is 25.6 Å². The molecule has 8 nitrogen and oxygen atoms in total. The van der Waals surface area contributed by atoms with E-state index < -0.39 is 34.2 Å². The highest BCUT2D eigenvalue weighted by molar-refractivity contribution is 7.91. The maximum atomic E-state index is 13.0. The quantitative estimate of drug-likeness (QED) is 0.397. The molecule has 1 aromatic heterocycles. The Balaban J connectivity index is 1.65. The van der Waals surface area contributed by atoms with Gasteiger partial charge in [-0.15, -0.1) is 5.10 Å². The van der Waals surface area contributed by atoms with Crippen molar-refractivity contribution in [2.24, 2.45) is 0 Å². The molecule has 1 saturated heterocycles. The van der Waals surface area contributed by atoms with Gasteiger partial charge in [0.25, 0.3) is 5.91 Å². The van der Waals surface area contributed by atoms with Gasteiger partial charge in [0, 0.05) is 23.9 Å². The van der Waals surface area contributed by atoms with E-state index in [1.807, 2.05) is 0 Å². The predicted octanol–water partition coefficient (Wildman–Crippen LogP) is 1.71. The standard InChI is InChI=1S/C17H17F4N5O3S/c18-8-11-5-12(7-13(6-11)17(19,20)21)16-22-10-26(25-16)3-1-15(27)24-23-14-2-4-30(28,29)9-14/h1,3,5-7,10,14,23H,2,4,8-9H2,(H,24,27)/b3-1-. The number of hydrogen-bond acceptors (Lipinski definition) is 6. The van der Waals surface area contributed by atoms with Crippen LogP contribution >= 0.6 is 0 Å². The number of benzene rings is 1. The van der Waals surface area contributed by atoms with E-state index in [9.17, 15) is 30.8 Å². The van der Waals surface area contributed by atoms with Gasteiger partial charge in [-0.1, -0.05) is 0 Å². The number of hydrogen-bond donors (Lipinski definition) is 2. The summed E-state index contributed by atoms with van der Waals surface area (Å²) in [7, 11) is -3.09. The van der Waals surface area contributed by atoms with Crippen LogP contribution < -0.4 is 10.9 Å². The summed E-state index contributed by atoms with van der Waals surface area (Å²) < 4.78 is 75.7. The van der Waals surface area contributed by atoms with Crippen LogP contribution in [-0.2, 0) is 27.5 Å². The van der Waals surface area contributed by atoms with Crippen LogP contribution in [0.4, 0.5) is 17.6 Å². The van der Waals surface area contributed by atoms with Crippen LogP contribution in [0.25, 0.3) is 17.6 Å². The number of aromatic nitrogens is 3. The summed E-state index contributed by atoms with van der Waals surface area (Å²) in [5, 5.41) is 3.96.